The molecule has 21 heavy (non-hydrogen) atoms. The molecule has 0 amide bonds. The molecule has 2 heterocycles. The van der Waals surface area contributed by atoms with Crippen molar-refractivity contribution in [2.45, 2.75) is 39.5 Å². The van der Waals surface area contributed by atoms with Crippen LogP contribution in [0.15, 0.2) is 16.8 Å². The molecule has 0 radical (unpaired) electrons. The van der Waals surface area contributed by atoms with Gasteiger partial charge in [-0.25, -0.2) is 15.8 Å². The van der Waals surface area contributed by atoms with Gasteiger partial charge < -0.3 is 10.7 Å². The highest BCUT2D eigenvalue weighted by Gasteiger charge is 2.20. The van der Waals surface area contributed by atoms with Gasteiger partial charge in [0.1, 0.15) is 17.5 Å². The van der Waals surface area contributed by atoms with E-state index in [2.05, 4.69) is 58.3 Å². The van der Waals surface area contributed by atoms with E-state index < -0.39 is 0 Å². The van der Waals surface area contributed by atoms with Crippen molar-refractivity contribution in [2.75, 3.05) is 17.3 Å². The minimum Gasteiger partial charge on any atom is -0.369 e. The van der Waals surface area contributed by atoms with Crippen molar-refractivity contribution in [3.05, 3.63) is 33.8 Å². The Kier molecular flexibility index (Phi) is 4.80. The Hall–Kier alpha value is -1.66. The molecule has 0 saturated heterocycles. The number of thiophene rings is 1. The molecule has 0 atom stereocenters. The zero-order valence-corrected chi connectivity index (χ0v) is 13.8. The summed E-state index contributed by atoms with van der Waals surface area (Å²) >= 11 is 1.72. The Labute approximate surface area is 130 Å². The third kappa shape index (κ3) is 3.92. The Bertz CT molecular complexity index is 587. The van der Waals surface area contributed by atoms with Crippen molar-refractivity contribution in [1.29, 1.82) is 0 Å². The number of anilines is 2. The second-order valence-corrected chi connectivity index (χ2v) is 6.85. The van der Waals surface area contributed by atoms with E-state index in [1.54, 1.807) is 11.3 Å². The van der Waals surface area contributed by atoms with Gasteiger partial charge in [-0.2, -0.15) is 11.3 Å². The number of nitrogens with two attached hydrogens (primary N) is 1. The molecule has 2 rings (SSSR count). The van der Waals surface area contributed by atoms with Crippen LogP contribution in [-0.4, -0.2) is 16.5 Å². The Morgan fingerprint density at radius 2 is 1.95 bits per heavy atom. The van der Waals surface area contributed by atoms with Gasteiger partial charge in [-0.05, 0) is 35.7 Å². The molecule has 0 bridgehead atoms. The summed E-state index contributed by atoms with van der Waals surface area (Å²) in [4.78, 5) is 9.15. The van der Waals surface area contributed by atoms with Crippen LogP contribution in [0.25, 0.3) is 0 Å². The summed E-state index contributed by atoms with van der Waals surface area (Å²) in [6, 6.07) is 2.15. The van der Waals surface area contributed by atoms with Gasteiger partial charge in [-0.3, -0.25) is 0 Å². The fourth-order valence-corrected chi connectivity index (χ4v) is 2.63. The number of hydrogen-bond acceptors (Lipinski definition) is 6. The van der Waals surface area contributed by atoms with E-state index in [4.69, 9.17) is 5.84 Å². The van der Waals surface area contributed by atoms with Gasteiger partial charge in [0, 0.05) is 17.5 Å². The Morgan fingerprint density at radius 3 is 2.52 bits per heavy atom. The first-order valence-electron chi connectivity index (χ1n) is 7.02. The van der Waals surface area contributed by atoms with E-state index in [0.29, 0.717) is 5.82 Å². The largest absolute Gasteiger partial charge is 0.369 e. The Morgan fingerprint density at radius 1 is 1.24 bits per heavy atom. The topological polar surface area (TPSA) is 75.9 Å². The molecule has 0 aliphatic rings. The fraction of sp³-hybridized carbons (Fsp3) is 0.467. The minimum atomic E-state index is -0.122. The van der Waals surface area contributed by atoms with Crippen LogP contribution in [-0.2, 0) is 11.8 Å². The van der Waals surface area contributed by atoms with Crippen LogP contribution < -0.4 is 16.6 Å². The molecule has 0 aliphatic carbocycles. The second-order valence-electron chi connectivity index (χ2n) is 6.07. The number of nitrogen functional groups attached to an aromatic ring is 1. The van der Waals surface area contributed by atoms with E-state index in [-0.39, 0.29) is 5.41 Å². The molecule has 0 aliphatic heterocycles. The molecular formula is C15H23N5S. The van der Waals surface area contributed by atoms with E-state index in [1.807, 2.05) is 6.92 Å². The van der Waals surface area contributed by atoms with Crippen molar-refractivity contribution in [2.24, 2.45) is 5.84 Å². The molecule has 0 aromatic carbocycles. The standard InChI is InChI=1S/C15H23N5S/c1-10-12(17-7-5-11-6-8-21-9-11)18-14(15(2,3)4)19-13(10)20-16/h6,8-9H,5,7,16H2,1-4H3,(H2,17,18,19,20). The van der Waals surface area contributed by atoms with Gasteiger partial charge in [0.2, 0.25) is 0 Å². The molecule has 5 nitrogen and oxygen atoms in total. The summed E-state index contributed by atoms with van der Waals surface area (Å²) in [5.41, 5.74) is 4.82. The monoisotopic (exact) mass is 305 g/mol. The molecule has 0 saturated carbocycles. The number of hydrazine groups is 1. The maximum absolute atomic E-state index is 5.57. The van der Waals surface area contributed by atoms with Gasteiger partial charge in [0.25, 0.3) is 0 Å². The lowest BCUT2D eigenvalue weighted by molar-refractivity contribution is 0.546. The van der Waals surface area contributed by atoms with Crippen LogP contribution in [0.4, 0.5) is 11.6 Å². The molecule has 6 heteroatoms. The van der Waals surface area contributed by atoms with Crippen LogP contribution in [0.3, 0.4) is 0 Å². The van der Waals surface area contributed by atoms with Crippen molar-refractivity contribution in [1.82, 2.24) is 9.97 Å². The molecule has 2 aromatic heterocycles. The molecule has 2 aromatic rings. The first-order valence-corrected chi connectivity index (χ1v) is 7.97. The smallest absolute Gasteiger partial charge is 0.148 e. The van der Waals surface area contributed by atoms with Gasteiger partial charge in [-0.1, -0.05) is 20.8 Å². The first kappa shape index (κ1) is 15.7. The highest BCUT2D eigenvalue weighted by Crippen LogP contribution is 2.25. The lowest BCUT2D eigenvalue weighted by atomic mass is 9.95. The van der Waals surface area contributed by atoms with Crippen molar-refractivity contribution < 1.29 is 0 Å². The van der Waals surface area contributed by atoms with Crippen molar-refractivity contribution >= 4 is 23.0 Å². The van der Waals surface area contributed by atoms with Crippen LogP contribution in [0.5, 0.6) is 0 Å². The molecule has 0 unspecified atom stereocenters. The summed E-state index contributed by atoms with van der Waals surface area (Å²) in [6.07, 6.45) is 0.975. The van der Waals surface area contributed by atoms with E-state index in [9.17, 15) is 0 Å². The highest BCUT2D eigenvalue weighted by molar-refractivity contribution is 7.07. The van der Waals surface area contributed by atoms with Crippen molar-refractivity contribution in [3.63, 3.8) is 0 Å². The van der Waals surface area contributed by atoms with Crippen molar-refractivity contribution in [3.8, 4) is 0 Å². The Balaban J connectivity index is 2.17. The third-order valence-electron chi connectivity index (χ3n) is 3.24. The van der Waals surface area contributed by atoms with E-state index >= 15 is 0 Å². The van der Waals surface area contributed by atoms with Crippen LogP contribution >= 0.6 is 11.3 Å². The second kappa shape index (κ2) is 6.41. The van der Waals surface area contributed by atoms with E-state index in [1.165, 1.54) is 5.56 Å². The lowest BCUT2D eigenvalue weighted by Crippen LogP contribution is -2.21. The summed E-state index contributed by atoms with van der Waals surface area (Å²) in [5.74, 6) is 7.87. The number of hydrogen-bond donors (Lipinski definition) is 3. The molecule has 114 valence electrons. The fourth-order valence-electron chi connectivity index (χ4n) is 1.92. The van der Waals surface area contributed by atoms with Crippen LogP contribution in [0.1, 0.15) is 37.7 Å². The lowest BCUT2D eigenvalue weighted by Gasteiger charge is -2.20. The SMILES string of the molecule is Cc1c(NN)nc(C(C)(C)C)nc1NCCc1ccsc1. The molecule has 0 spiro atoms. The summed E-state index contributed by atoms with van der Waals surface area (Å²) in [7, 11) is 0. The maximum atomic E-state index is 5.57. The quantitative estimate of drug-likeness (QED) is 0.584. The average molecular weight is 305 g/mol. The number of nitrogens with zero attached hydrogens (tertiary/aromatic N) is 2. The summed E-state index contributed by atoms with van der Waals surface area (Å²) in [5, 5.41) is 7.66. The molecule has 0 fully saturated rings. The predicted molar refractivity (Wildman–Crippen MR) is 89.8 cm³/mol. The van der Waals surface area contributed by atoms with Gasteiger partial charge in [0.15, 0.2) is 0 Å². The number of nitrogens with one attached hydrogen (secondary N) is 2. The van der Waals surface area contributed by atoms with Gasteiger partial charge >= 0.3 is 0 Å². The average Bonchev–Trinajstić information content (AvgIpc) is 2.92. The predicted octanol–water partition coefficient (Wildman–Crippen LogP) is 3.08. The number of rotatable bonds is 5. The number of aromatic nitrogens is 2. The van der Waals surface area contributed by atoms with Crippen LogP contribution in [0, 0.1) is 6.92 Å². The summed E-state index contributed by atoms with van der Waals surface area (Å²) in [6.45, 7) is 9.07. The minimum absolute atomic E-state index is 0.122. The summed E-state index contributed by atoms with van der Waals surface area (Å²) < 4.78 is 0. The van der Waals surface area contributed by atoms with Gasteiger partial charge in [0.05, 0.1) is 0 Å². The molecule has 4 N–H and O–H groups in total. The van der Waals surface area contributed by atoms with Crippen LogP contribution in [0.2, 0.25) is 0 Å². The third-order valence-corrected chi connectivity index (χ3v) is 3.97. The first-order chi connectivity index (χ1) is 9.91. The van der Waals surface area contributed by atoms with Gasteiger partial charge in [-0.15, -0.1) is 0 Å². The normalized spacial score (nSPS) is 11.5. The van der Waals surface area contributed by atoms with E-state index in [0.717, 1.165) is 30.2 Å². The molecular weight excluding hydrogens is 282 g/mol. The maximum Gasteiger partial charge on any atom is 0.148 e. The zero-order valence-electron chi connectivity index (χ0n) is 13.0. The zero-order chi connectivity index (χ0) is 15.5. The highest BCUT2D eigenvalue weighted by atomic mass is 32.1.